The van der Waals surface area contributed by atoms with Crippen LogP contribution in [0.5, 0.6) is 11.5 Å². The highest BCUT2D eigenvalue weighted by molar-refractivity contribution is 7.99. The topological polar surface area (TPSA) is 99.4 Å². The summed E-state index contributed by atoms with van der Waals surface area (Å²) in [6.45, 7) is 2.13. The maximum atomic E-state index is 12.2. The largest absolute Gasteiger partial charge is 0.454 e. The predicted molar refractivity (Wildman–Crippen MR) is 97.4 cm³/mol. The number of fused-ring (bicyclic) bond motifs is 1. The molecule has 2 aromatic heterocycles. The number of benzene rings is 1. The minimum absolute atomic E-state index is 0.133. The Hall–Kier alpha value is -3.07. The summed E-state index contributed by atoms with van der Waals surface area (Å²) in [5, 5.41) is 11.2. The molecule has 9 heteroatoms. The van der Waals surface area contributed by atoms with Crippen LogP contribution in [0.2, 0.25) is 0 Å². The van der Waals surface area contributed by atoms with Gasteiger partial charge in [0.25, 0.3) is 5.22 Å². The number of hydrogen-bond acceptors (Lipinski definition) is 8. The number of pyridine rings is 1. The van der Waals surface area contributed by atoms with Gasteiger partial charge in [-0.25, -0.2) is 0 Å². The number of amides is 1. The second kappa shape index (κ2) is 7.67. The van der Waals surface area contributed by atoms with Gasteiger partial charge < -0.3 is 19.2 Å². The van der Waals surface area contributed by atoms with Crippen molar-refractivity contribution in [2.75, 3.05) is 12.5 Å². The van der Waals surface area contributed by atoms with Crippen molar-refractivity contribution in [3.05, 3.63) is 48.3 Å². The summed E-state index contributed by atoms with van der Waals surface area (Å²) in [6.07, 6.45) is 3.31. The van der Waals surface area contributed by atoms with Crippen molar-refractivity contribution in [2.45, 2.75) is 18.2 Å². The van der Waals surface area contributed by atoms with Gasteiger partial charge in [-0.3, -0.25) is 9.78 Å². The number of carbonyl (C=O) groups excluding carboxylic acids is 1. The third kappa shape index (κ3) is 4.03. The van der Waals surface area contributed by atoms with E-state index in [1.54, 1.807) is 18.5 Å². The average molecular weight is 384 g/mol. The first-order valence-electron chi connectivity index (χ1n) is 8.24. The molecule has 0 saturated heterocycles. The highest BCUT2D eigenvalue weighted by atomic mass is 32.2. The molecule has 0 saturated carbocycles. The monoisotopic (exact) mass is 384 g/mol. The first-order valence-corrected chi connectivity index (χ1v) is 9.23. The van der Waals surface area contributed by atoms with Crippen LogP contribution in [0.1, 0.15) is 18.5 Å². The van der Waals surface area contributed by atoms with Crippen molar-refractivity contribution in [1.29, 1.82) is 0 Å². The van der Waals surface area contributed by atoms with Crippen molar-refractivity contribution in [3.63, 3.8) is 0 Å². The number of carbonyl (C=O) groups is 1. The van der Waals surface area contributed by atoms with Gasteiger partial charge in [-0.15, -0.1) is 10.2 Å². The highest BCUT2D eigenvalue weighted by Crippen LogP contribution is 2.34. The Labute approximate surface area is 159 Å². The lowest BCUT2D eigenvalue weighted by atomic mass is 10.1. The molecule has 1 atom stereocenters. The molecular formula is C18H16N4O4S. The average Bonchev–Trinajstić information content (AvgIpc) is 3.36. The Morgan fingerprint density at radius 1 is 1.26 bits per heavy atom. The predicted octanol–water partition coefficient (Wildman–Crippen LogP) is 2.83. The van der Waals surface area contributed by atoms with Crippen LogP contribution in [0.15, 0.2) is 52.4 Å². The van der Waals surface area contributed by atoms with Crippen molar-refractivity contribution < 1.29 is 18.7 Å². The van der Waals surface area contributed by atoms with Gasteiger partial charge in [0.1, 0.15) is 0 Å². The number of hydrogen-bond donors (Lipinski definition) is 1. The van der Waals surface area contributed by atoms with Crippen molar-refractivity contribution in [3.8, 4) is 23.0 Å². The van der Waals surface area contributed by atoms with Gasteiger partial charge in [0.15, 0.2) is 11.5 Å². The van der Waals surface area contributed by atoms with Gasteiger partial charge >= 0.3 is 0 Å². The number of aromatic nitrogens is 3. The molecule has 1 N–H and O–H groups in total. The fourth-order valence-electron chi connectivity index (χ4n) is 2.55. The van der Waals surface area contributed by atoms with Crippen LogP contribution >= 0.6 is 11.8 Å². The maximum absolute atomic E-state index is 12.2. The lowest BCUT2D eigenvalue weighted by Gasteiger charge is -2.14. The lowest BCUT2D eigenvalue weighted by molar-refractivity contribution is -0.119. The number of nitrogens with one attached hydrogen (secondary N) is 1. The van der Waals surface area contributed by atoms with E-state index < -0.39 is 0 Å². The minimum atomic E-state index is -0.166. The van der Waals surface area contributed by atoms with E-state index in [0.29, 0.717) is 22.6 Å². The highest BCUT2D eigenvalue weighted by Gasteiger charge is 2.17. The molecule has 0 bridgehead atoms. The quantitative estimate of drug-likeness (QED) is 0.648. The van der Waals surface area contributed by atoms with Crippen LogP contribution in [-0.4, -0.2) is 33.6 Å². The smallest absolute Gasteiger partial charge is 0.277 e. The summed E-state index contributed by atoms with van der Waals surface area (Å²) in [7, 11) is 0. The first kappa shape index (κ1) is 17.3. The summed E-state index contributed by atoms with van der Waals surface area (Å²) >= 11 is 1.18. The first-order chi connectivity index (χ1) is 13.2. The molecule has 27 heavy (non-hydrogen) atoms. The Morgan fingerprint density at radius 3 is 3.00 bits per heavy atom. The van der Waals surface area contributed by atoms with E-state index in [4.69, 9.17) is 13.9 Å². The van der Waals surface area contributed by atoms with Crippen LogP contribution in [0.3, 0.4) is 0 Å². The zero-order valence-electron chi connectivity index (χ0n) is 14.4. The summed E-state index contributed by atoms with van der Waals surface area (Å²) in [5.74, 6) is 1.82. The third-order valence-electron chi connectivity index (χ3n) is 3.92. The summed E-state index contributed by atoms with van der Waals surface area (Å²) in [6, 6.07) is 9.07. The molecule has 0 fully saturated rings. The minimum Gasteiger partial charge on any atom is -0.454 e. The van der Waals surface area contributed by atoms with E-state index in [-0.39, 0.29) is 24.5 Å². The second-order valence-corrected chi connectivity index (χ2v) is 6.73. The molecule has 0 spiro atoms. The Morgan fingerprint density at radius 2 is 2.15 bits per heavy atom. The Kier molecular flexibility index (Phi) is 4.93. The molecular weight excluding hydrogens is 368 g/mol. The normalized spacial score (nSPS) is 13.4. The molecule has 0 radical (unpaired) electrons. The van der Waals surface area contributed by atoms with E-state index in [1.807, 2.05) is 31.2 Å². The van der Waals surface area contributed by atoms with Gasteiger partial charge in [0, 0.05) is 12.4 Å². The molecule has 0 aliphatic carbocycles. The molecule has 3 heterocycles. The number of nitrogens with zero attached hydrogens (tertiary/aromatic N) is 3. The number of rotatable bonds is 6. The summed E-state index contributed by atoms with van der Waals surface area (Å²) < 4.78 is 16.2. The van der Waals surface area contributed by atoms with Crippen LogP contribution in [0, 0.1) is 0 Å². The molecule has 1 aliphatic heterocycles. The second-order valence-electron chi connectivity index (χ2n) is 5.81. The fourth-order valence-corrected chi connectivity index (χ4v) is 3.12. The summed E-state index contributed by atoms with van der Waals surface area (Å²) in [4.78, 5) is 16.2. The van der Waals surface area contributed by atoms with E-state index in [1.165, 1.54) is 11.8 Å². The zero-order chi connectivity index (χ0) is 18.6. The SMILES string of the molecule is CC(NC(=O)CSc1nnc(-c2cccnc2)o1)c1ccc2c(c1)OCO2. The number of ether oxygens (including phenoxy) is 2. The van der Waals surface area contributed by atoms with E-state index in [2.05, 4.69) is 20.5 Å². The van der Waals surface area contributed by atoms with Crippen molar-refractivity contribution in [1.82, 2.24) is 20.5 Å². The summed E-state index contributed by atoms with van der Waals surface area (Å²) in [5.41, 5.74) is 1.67. The Balaban J connectivity index is 1.31. The fraction of sp³-hybridized carbons (Fsp3) is 0.222. The number of thioether (sulfide) groups is 1. The van der Waals surface area contributed by atoms with E-state index in [0.717, 1.165) is 11.1 Å². The standard InChI is InChI=1S/C18H16N4O4S/c1-11(12-4-5-14-15(7-12)25-10-24-14)20-16(23)9-27-18-22-21-17(26-18)13-3-2-6-19-8-13/h2-8,11H,9-10H2,1H3,(H,20,23). The van der Waals surface area contributed by atoms with Crippen molar-refractivity contribution >= 4 is 17.7 Å². The van der Waals surface area contributed by atoms with Gasteiger partial charge in [-0.05, 0) is 36.8 Å². The van der Waals surface area contributed by atoms with Crippen LogP contribution in [0.25, 0.3) is 11.5 Å². The lowest BCUT2D eigenvalue weighted by Crippen LogP contribution is -2.28. The van der Waals surface area contributed by atoms with Gasteiger partial charge in [-0.2, -0.15) is 0 Å². The molecule has 8 nitrogen and oxygen atoms in total. The van der Waals surface area contributed by atoms with Crippen LogP contribution in [0.4, 0.5) is 0 Å². The van der Waals surface area contributed by atoms with E-state index in [9.17, 15) is 4.79 Å². The maximum Gasteiger partial charge on any atom is 0.277 e. The van der Waals surface area contributed by atoms with Crippen LogP contribution in [-0.2, 0) is 4.79 Å². The molecule has 4 rings (SSSR count). The Bertz CT molecular complexity index is 948. The van der Waals surface area contributed by atoms with Crippen LogP contribution < -0.4 is 14.8 Å². The molecule has 138 valence electrons. The van der Waals surface area contributed by atoms with Crippen molar-refractivity contribution in [2.24, 2.45) is 0 Å². The third-order valence-corrected chi connectivity index (χ3v) is 4.73. The molecule has 3 aromatic rings. The zero-order valence-corrected chi connectivity index (χ0v) is 15.2. The van der Waals surface area contributed by atoms with Gasteiger partial charge in [-0.1, -0.05) is 17.8 Å². The molecule has 1 aliphatic rings. The molecule has 1 unspecified atom stereocenters. The van der Waals surface area contributed by atoms with Gasteiger partial charge in [0.05, 0.1) is 17.4 Å². The van der Waals surface area contributed by atoms with Gasteiger partial charge in [0.2, 0.25) is 18.6 Å². The molecule has 1 aromatic carbocycles. The molecule has 1 amide bonds. The van der Waals surface area contributed by atoms with E-state index >= 15 is 0 Å².